The van der Waals surface area contributed by atoms with Crippen LogP contribution in [0.4, 0.5) is 10.1 Å². The van der Waals surface area contributed by atoms with Crippen LogP contribution in [0.5, 0.6) is 0 Å². The molecule has 31 heavy (non-hydrogen) atoms. The second-order valence-electron chi connectivity index (χ2n) is 7.58. The van der Waals surface area contributed by atoms with E-state index in [0.717, 1.165) is 16.8 Å². The smallest absolute Gasteiger partial charge is 0.274 e. The maximum Gasteiger partial charge on any atom is 0.274 e. The molecule has 0 aliphatic carbocycles. The molecule has 1 fully saturated rings. The van der Waals surface area contributed by atoms with Crippen molar-refractivity contribution in [2.24, 2.45) is 0 Å². The molecule has 0 radical (unpaired) electrons. The zero-order valence-corrected chi connectivity index (χ0v) is 17.8. The molecule has 1 aliphatic heterocycles. The zero-order chi connectivity index (χ0) is 22.0. The first-order valence-corrected chi connectivity index (χ1v) is 10.4. The Hall–Kier alpha value is -3.19. The van der Waals surface area contributed by atoms with Gasteiger partial charge >= 0.3 is 0 Å². The molecule has 0 atom stereocenters. The van der Waals surface area contributed by atoms with E-state index in [9.17, 15) is 14.0 Å². The number of aryl methyl sites for hydroxylation is 1. The molecule has 8 heteroatoms. The van der Waals surface area contributed by atoms with E-state index in [1.807, 2.05) is 31.2 Å². The van der Waals surface area contributed by atoms with Gasteiger partial charge in [-0.25, -0.2) is 9.07 Å². The summed E-state index contributed by atoms with van der Waals surface area (Å²) >= 11 is 5.88. The van der Waals surface area contributed by atoms with E-state index in [2.05, 4.69) is 10.00 Å². The number of halogens is 2. The van der Waals surface area contributed by atoms with E-state index in [4.69, 9.17) is 11.6 Å². The SMILES string of the molecule is Cc1ccc(Cn2nc(C(=O)N3CCN(c4ccc(F)c(Cl)c4)CC3)ccc2=O)cc1. The zero-order valence-electron chi connectivity index (χ0n) is 17.1. The normalized spacial score (nSPS) is 14.0. The van der Waals surface area contributed by atoms with E-state index in [1.165, 1.54) is 22.9 Å². The molecule has 3 aromatic rings. The van der Waals surface area contributed by atoms with Crippen LogP contribution < -0.4 is 10.5 Å². The highest BCUT2D eigenvalue weighted by molar-refractivity contribution is 6.31. The summed E-state index contributed by atoms with van der Waals surface area (Å²) in [4.78, 5) is 29.0. The topological polar surface area (TPSA) is 58.4 Å². The number of anilines is 1. The molecule has 1 aromatic heterocycles. The third-order valence-electron chi connectivity index (χ3n) is 5.37. The Labute approximate surface area is 184 Å². The van der Waals surface area contributed by atoms with Gasteiger partial charge < -0.3 is 9.80 Å². The largest absolute Gasteiger partial charge is 0.368 e. The molecule has 0 N–H and O–H groups in total. The van der Waals surface area contributed by atoms with Gasteiger partial charge in [-0.3, -0.25) is 9.59 Å². The molecule has 0 unspecified atom stereocenters. The first kappa shape index (κ1) is 21.1. The molecule has 1 aliphatic rings. The maximum absolute atomic E-state index is 13.4. The highest BCUT2D eigenvalue weighted by atomic mass is 35.5. The molecule has 2 aromatic carbocycles. The molecule has 2 heterocycles. The van der Waals surface area contributed by atoms with Crippen LogP contribution in [0.15, 0.2) is 59.4 Å². The van der Waals surface area contributed by atoms with Gasteiger partial charge in [0, 0.05) is 37.9 Å². The predicted molar refractivity (Wildman–Crippen MR) is 118 cm³/mol. The Balaban J connectivity index is 1.44. The van der Waals surface area contributed by atoms with Crippen LogP contribution in [-0.4, -0.2) is 46.8 Å². The van der Waals surface area contributed by atoms with E-state index < -0.39 is 5.82 Å². The monoisotopic (exact) mass is 440 g/mol. The minimum atomic E-state index is -0.453. The second-order valence-corrected chi connectivity index (χ2v) is 7.98. The maximum atomic E-state index is 13.4. The lowest BCUT2D eigenvalue weighted by Gasteiger charge is -2.36. The van der Waals surface area contributed by atoms with Gasteiger partial charge in [-0.1, -0.05) is 41.4 Å². The average Bonchev–Trinajstić information content (AvgIpc) is 2.78. The predicted octanol–water partition coefficient (Wildman–Crippen LogP) is 3.35. The fraction of sp³-hybridized carbons (Fsp3) is 0.261. The number of hydrogen-bond donors (Lipinski definition) is 0. The van der Waals surface area contributed by atoms with E-state index in [0.29, 0.717) is 32.7 Å². The van der Waals surface area contributed by atoms with Crippen molar-refractivity contribution in [2.45, 2.75) is 13.5 Å². The summed E-state index contributed by atoms with van der Waals surface area (Å²) in [6, 6.07) is 15.3. The molecule has 160 valence electrons. The molecule has 0 bridgehead atoms. The summed E-state index contributed by atoms with van der Waals surface area (Å²) in [5.41, 5.74) is 2.88. The third-order valence-corrected chi connectivity index (χ3v) is 5.66. The van der Waals surface area contributed by atoms with Crippen molar-refractivity contribution < 1.29 is 9.18 Å². The summed E-state index contributed by atoms with van der Waals surface area (Å²) in [6.45, 7) is 4.48. The highest BCUT2D eigenvalue weighted by Crippen LogP contribution is 2.23. The minimum absolute atomic E-state index is 0.0797. The summed E-state index contributed by atoms with van der Waals surface area (Å²) in [5, 5.41) is 4.38. The summed E-state index contributed by atoms with van der Waals surface area (Å²) < 4.78 is 14.7. The Bertz CT molecular complexity index is 1150. The van der Waals surface area contributed by atoms with Gasteiger partial charge in [0.1, 0.15) is 11.5 Å². The molecule has 1 saturated heterocycles. The van der Waals surface area contributed by atoms with Gasteiger partial charge in [0.05, 0.1) is 11.6 Å². The Morgan fingerprint density at radius 1 is 1.03 bits per heavy atom. The lowest BCUT2D eigenvalue weighted by molar-refractivity contribution is 0.0738. The summed E-state index contributed by atoms with van der Waals surface area (Å²) in [5.74, 6) is -0.666. The van der Waals surface area contributed by atoms with Gasteiger partial charge in [0.2, 0.25) is 0 Å². The molecule has 0 spiro atoms. The van der Waals surface area contributed by atoms with Crippen molar-refractivity contribution >= 4 is 23.2 Å². The van der Waals surface area contributed by atoms with Crippen molar-refractivity contribution in [1.29, 1.82) is 0 Å². The van der Waals surface area contributed by atoms with E-state index >= 15 is 0 Å². The molecule has 1 amide bonds. The molecule has 4 rings (SSSR count). The molecule has 0 saturated carbocycles. The van der Waals surface area contributed by atoms with E-state index in [-0.39, 0.29) is 22.2 Å². The number of piperazine rings is 1. The highest BCUT2D eigenvalue weighted by Gasteiger charge is 2.24. The quantitative estimate of drug-likeness (QED) is 0.624. The number of amides is 1. The summed E-state index contributed by atoms with van der Waals surface area (Å²) in [7, 11) is 0. The lowest BCUT2D eigenvalue weighted by atomic mass is 10.1. The number of rotatable bonds is 4. The fourth-order valence-electron chi connectivity index (χ4n) is 3.55. The average molecular weight is 441 g/mol. The van der Waals surface area contributed by atoms with Gasteiger partial charge in [-0.05, 0) is 36.8 Å². The van der Waals surface area contributed by atoms with Crippen LogP contribution in [0.1, 0.15) is 21.6 Å². The van der Waals surface area contributed by atoms with Crippen molar-refractivity contribution in [3.8, 4) is 0 Å². The summed E-state index contributed by atoms with van der Waals surface area (Å²) in [6.07, 6.45) is 0. The first-order chi connectivity index (χ1) is 14.9. The van der Waals surface area contributed by atoms with Crippen molar-refractivity contribution in [2.75, 3.05) is 31.1 Å². The van der Waals surface area contributed by atoms with Gasteiger partial charge in [0.25, 0.3) is 11.5 Å². The van der Waals surface area contributed by atoms with Crippen LogP contribution in [-0.2, 0) is 6.54 Å². The number of carbonyl (C=O) groups is 1. The first-order valence-electron chi connectivity index (χ1n) is 10.0. The Kier molecular flexibility index (Phi) is 6.04. The van der Waals surface area contributed by atoms with Crippen molar-refractivity contribution in [3.63, 3.8) is 0 Å². The minimum Gasteiger partial charge on any atom is -0.368 e. The van der Waals surface area contributed by atoms with Gasteiger partial charge in [0.15, 0.2) is 0 Å². The van der Waals surface area contributed by atoms with Crippen LogP contribution in [0, 0.1) is 12.7 Å². The van der Waals surface area contributed by atoms with Crippen molar-refractivity contribution in [3.05, 3.63) is 92.6 Å². The number of aromatic nitrogens is 2. The fourth-order valence-corrected chi connectivity index (χ4v) is 3.73. The third kappa shape index (κ3) is 4.77. The number of benzene rings is 2. The van der Waals surface area contributed by atoms with Crippen LogP contribution in [0.2, 0.25) is 5.02 Å². The van der Waals surface area contributed by atoms with Crippen LogP contribution in [0.3, 0.4) is 0 Å². The standard InChI is InChI=1S/C23H22ClFN4O2/c1-16-2-4-17(5-3-16)15-29-22(30)9-8-21(26-29)23(31)28-12-10-27(11-13-28)18-6-7-20(25)19(24)14-18/h2-9,14H,10-13,15H2,1H3. The number of hydrogen-bond acceptors (Lipinski definition) is 4. The second kappa shape index (κ2) is 8.89. The Morgan fingerprint density at radius 2 is 1.74 bits per heavy atom. The van der Waals surface area contributed by atoms with Crippen molar-refractivity contribution in [1.82, 2.24) is 14.7 Å². The van der Waals surface area contributed by atoms with Gasteiger partial charge in [-0.2, -0.15) is 5.10 Å². The lowest BCUT2D eigenvalue weighted by Crippen LogP contribution is -2.49. The molecule has 6 nitrogen and oxygen atoms in total. The Morgan fingerprint density at radius 3 is 2.42 bits per heavy atom. The number of carbonyl (C=O) groups excluding carboxylic acids is 1. The number of nitrogens with zero attached hydrogens (tertiary/aromatic N) is 4. The van der Waals surface area contributed by atoms with E-state index in [1.54, 1.807) is 17.0 Å². The molecular formula is C23H22ClFN4O2. The molecular weight excluding hydrogens is 419 g/mol. The van der Waals surface area contributed by atoms with Gasteiger partial charge in [-0.15, -0.1) is 0 Å². The van der Waals surface area contributed by atoms with Crippen LogP contribution in [0.25, 0.3) is 0 Å². The van der Waals surface area contributed by atoms with Crippen LogP contribution >= 0.6 is 11.6 Å².